The van der Waals surface area contributed by atoms with E-state index < -0.39 is 4.92 Å². The van der Waals surface area contributed by atoms with Gasteiger partial charge >= 0.3 is 0 Å². The fourth-order valence-corrected chi connectivity index (χ4v) is 3.52. The second kappa shape index (κ2) is 6.99. The van der Waals surface area contributed by atoms with Crippen molar-refractivity contribution in [1.29, 1.82) is 0 Å². The first kappa shape index (κ1) is 15.8. The van der Waals surface area contributed by atoms with Gasteiger partial charge in [0.25, 0.3) is 11.6 Å². The molecule has 1 aromatic carbocycles. The maximum atomic E-state index is 12.2. The highest BCUT2D eigenvalue weighted by Crippen LogP contribution is 2.31. The average molecular weight is 334 g/mol. The number of hydrogen-bond donors (Lipinski definition) is 1. The SMILES string of the molecule is O=C(NC1=NCCS1)c1ccc(N2CCCCC2)c([N+](=O)[O-])c1. The van der Waals surface area contributed by atoms with Gasteiger partial charge in [-0.3, -0.25) is 19.9 Å². The van der Waals surface area contributed by atoms with E-state index in [4.69, 9.17) is 0 Å². The van der Waals surface area contributed by atoms with Gasteiger partial charge in [-0.15, -0.1) is 0 Å². The Bertz CT molecular complexity index is 656. The molecule has 2 heterocycles. The van der Waals surface area contributed by atoms with E-state index in [1.807, 2.05) is 4.90 Å². The topological polar surface area (TPSA) is 87.8 Å². The zero-order valence-electron chi connectivity index (χ0n) is 12.7. The molecule has 1 amide bonds. The standard InChI is InChI=1S/C15H18N4O3S/c20-14(17-15-16-6-9-23-15)11-4-5-12(13(10-11)19(21)22)18-7-2-1-3-8-18/h4-5,10H,1-3,6-9H2,(H,16,17,20). The van der Waals surface area contributed by atoms with E-state index in [2.05, 4.69) is 10.3 Å². The molecule has 3 rings (SSSR count). The fraction of sp³-hybridized carbons (Fsp3) is 0.467. The van der Waals surface area contributed by atoms with Crippen LogP contribution in [0.25, 0.3) is 0 Å². The van der Waals surface area contributed by atoms with Crippen LogP contribution in [0, 0.1) is 10.1 Å². The number of nitro groups is 1. The molecule has 1 saturated heterocycles. The highest BCUT2D eigenvalue weighted by atomic mass is 32.2. The van der Waals surface area contributed by atoms with Gasteiger partial charge in [-0.25, -0.2) is 0 Å². The minimum atomic E-state index is -0.414. The number of benzene rings is 1. The molecule has 23 heavy (non-hydrogen) atoms. The molecule has 1 fully saturated rings. The summed E-state index contributed by atoms with van der Waals surface area (Å²) < 4.78 is 0. The molecule has 2 aliphatic heterocycles. The van der Waals surface area contributed by atoms with Crippen molar-refractivity contribution in [3.05, 3.63) is 33.9 Å². The fourth-order valence-electron chi connectivity index (χ4n) is 2.79. The minimum absolute atomic E-state index is 0.0134. The predicted molar refractivity (Wildman–Crippen MR) is 91.4 cm³/mol. The lowest BCUT2D eigenvalue weighted by atomic mass is 10.1. The molecule has 0 unspecified atom stereocenters. The van der Waals surface area contributed by atoms with Gasteiger partial charge in [0.2, 0.25) is 0 Å². The van der Waals surface area contributed by atoms with E-state index in [1.54, 1.807) is 12.1 Å². The Hall–Kier alpha value is -2.09. The van der Waals surface area contributed by atoms with Gasteiger partial charge < -0.3 is 10.2 Å². The second-order valence-corrected chi connectivity index (χ2v) is 6.58. The Morgan fingerprint density at radius 3 is 2.74 bits per heavy atom. The molecule has 8 heteroatoms. The summed E-state index contributed by atoms with van der Waals surface area (Å²) in [5.41, 5.74) is 0.868. The summed E-state index contributed by atoms with van der Waals surface area (Å²) in [5, 5.41) is 14.7. The first-order valence-electron chi connectivity index (χ1n) is 7.67. The van der Waals surface area contributed by atoms with Crippen molar-refractivity contribution in [1.82, 2.24) is 5.32 Å². The van der Waals surface area contributed by atoms with E-state index in [1.165, 1.54) is 17.8 Å². The number of hydrogen-bond acceptors (Lipinski definition) is 6. The Labute approximate surface area is 138 Å². The number of amides is 1. The molecule has 0 radical (unpaired) electrons. The number of nitro benzene ring substituents is 1. The van der Waals surface area contributed by atoms with Crippen molar-refractivity contribution in [2.45, 2.75) is 19.3 Å². The van der Waals surface area contributed by atoms with Gasteiger partial charge in [-0.2, -0.15) is 0 Å². The van der Waals surface area contributed by atoms with E-state index in [0.29, 0.717) is 17.4 Å². The quantitative estimate of drug-likeness (QED) is 0.677. The highest BCUT2D eigenvalue weighted by Gasteiger charge is 2.23. The molecule has 0 spiro atoms. The lowest BCUT2D eigenvalue weighted by Gasteiger charge is -2.28. The molecule has 0 atom stereocenters. The Morgan fingerprint density at radius 1 is 1.30 bits per heavy atom. The monoisotopic (exact) mass is 334 g/mol. The first-order valence-corrected chi connectivity index (χ1v) is 8.66. The number of aliphatic imine (C=N–C) groups is 1. The van der Waals surface area contributed by atoms with Crippen LogP contribution in [0.4, 0.5) is 11.4 Å². The summed E-state index contributed by atoms with van der Waals surface area (Å²) in [5.74, 6) is 0.496. The van der Waals surface area contributed by atoms with Crippen LogP contribution in [-0.2, 0) is 0 Å². The van der Waals surface area contributed by atoms with Crippen LogP contribution in [0.2, 0.25) is 0 Å². The molecule has 0 bridgehead atoms. The van der Waals surface area contributed by atoms with Crippen molar-refractivity contribution in [2.24, 2.45) is 4.99 Å². The third kappa shape index (κ3) is 3.64. The van der Waals surface area contributed by atoms with Gasteiger partial charge in [0, 0.05) is 30.5 Å². The van der Waals surface area contributed by atoms with E-state index in [-0.39, 0.29) is 17.2 Å². The zero-order chi connectivity index (χ0) is 16.2. The van der Waals surface area contributed by atoms with Gasteiger partial charge in [0.15, 0.2) is 5.17 Å². The smallest absolute Gasteiger partial charge is 0.293 e. The number of rotatable bonds is 3. The van der Waals surface area contributed by atoms with Crippen LogP contribution < -0.4 is 10.2 Å². The maximum Gasteiger partial charge on any atom is 0.293 e. The summed E-state index contributed by atoms with van der Waals surface area (Å²) in [6.45, 7) is 2.33. The summed E-state index contributed by atoms with van der Waals surface area (Å²) in [6, 6.07) is 4.69. The third-order valence-corrected chi connectivity index (χ3v) is 4.83. The van der Waals surface area contributed by atoms with Crippen molar-refractivity contribution in [2.75, 3.05) is 30.3 Å². The van der Waals surface area contributed by atoms with Crippen molar-refractivity contribution in [3.63, 3.8) is 0 Å². The van der Waals surface area contributed by atoms with E-state index >= 15 is 0 Å². The molecular formula is C15H18N4O3S. The van der Waals surface area contributed by atoms with Gasteiger partial charge in [-0.1, -0.05) is 11.8 Å². The van der Waals surface area contributed by atoms with Gasteiger partial charge in [0.05, 0.1) is 11.5 Å². The van der Waals surface area contributed by atoms with Crippen molar-refractivity contribution >= 4 is 34.2 Å². The maximum absolute atomic E-state index is 12.2. The number of carbonyl (C=O) groups excluding carboxylic acids is 1. The van der Waals surface area contributed by atoms with Crippen LogP contribution in [0.15, 0.2) is 23.2 Å². The van der Waals surface area contributed by atoms with Crippen LogP contribution in [0.1, 0.15) is 29.6 Å². The Kier molecular flexibility index (Phi) is 4.80. The minimum Gasteiger partial charge on any atom is -0.366 e. The number of amidine groups is 1. The van der Waals surface area contributed by atoms with Crippen LogP contribution in [0.3, 0.4) is 0 Å². The Balaban J connectivity index is 1.83. The van der Waals surface area contributed by atoms with E-state index in [9.17, 15) is 14.9 Å². The second-order valence-electron chi connectivity index (χ2n) is 5.50. The van der Waals surface area contributed by atoms with Crippen LogP contribution >= 0.6 is 11.8 Å². The predicted octanol–water partition coefficient (Wildman–Crippen LogP) is 2.42. The number of nitrogens with one attached hydrogen (secondary N) is 1. The number of anilines is 1. The molecule has 0 aromatic heterocycles. The summed E-state index contributed by atoms with van der Waals surface area (Å²) in [4.78, 5) is 29.4. The molecule has 1 aromatic rings. The number of nitrogens with zero attached hydrogens (tertiary/aromatic N) is 3. The highest BCUT2D eigenvalue weighted by molar-refractivity contribution is 8.14. The third-order valence-electron chi connectivity index (χ3n) is 3.94. The van der Waals surface area contributed by atoms with Crippen LogP contribution in [-0.4, -0.2) is 41.4 Å². The first-order chi connectivity index (χ1) is 11.1. The number of carbonyl (C=O) groups is 1. The molecule has 122 valence electrons. The lowest BCUT2D eigenvalue weighted by Crippen LogP contribution is -2.30. The average Bonchev–Trinajstić information content (AvgIpc) is 3.08. The molecular weight excluding hydrogens is 316 g/mol. The summed E-state index contributed by atoms with van der Waals surface area (Å²) in [7, 11) is 0. The molecule has 0 saturated carbocycles. The van der Waals surface area contributed by atoms with Crippen molar-refractivity contribution in [3.8, 4) is 0 Å². The molecule has 0 aliphatic carbocycles. The zero-order valence-corrected chi connectivity index (χ0v) is 13.5. The molecule has 1 N–H and O–H groups in total. The van der Waals surface area contributed by atoms with E-state index in [0.717, 1.165) is 38.1 Å². The Morgan fingerprint density at radius 2 is 2.09 bits per heavy atom. The summed E-state index contributed by atoms with van der Waals surface area (Å²) in [6.07, 6.45) is 3.23. The van der Waals surface area contributed by atoms with Gasteiger partial charge in [0.1, 0.15) is 5.69 Å². The van der Waals surface area contributed by atoms with Gasteiger partial charge in [-0.05, 0) is 31.4 Å². The van der Waals surface area contributed by atoms with Crippen LogP contribution in [0.5, 0.6) is 0 Å². The van der Waals surface area contributed by atoms with Crippen molar-refractivity contribution < 1.29 is 9.72 Å². The number of piperidine rings is 1. The largest absolute Gasteiger partial charge is 0.366 e. The normalized spacial score (nSPS) is 17.7. The summed E-state index contributed by atoms with van der Waals surface area (Å²) >= 11 is 1.48. The lowest BCUT2D eigenvalue weighted by molar-refractivity contribution is -0.384. The number of thioether (sulfide) groups is 1. The molecule has 7 nitrogen and oxygen atoms in total. The molecule has 2 aliphatic rings.